The molecule has 0 aliphatic heterocycles. The van der Waals surface area contributed by atoms with Crippen molar-refractivity contribution in [2.45, 2.75) is 19.0 Å². The third kappa shape index (κ3) is 3.05. The number of anilines is 1. The van der Waals surface area contributed by atoms with Crippen LogP contribution in [-0.2, 0) is 17.4 Å². The van der Waals surface area contributed by atoms with Crippen LogP contribution in [0.3, 0.4) is 0 Å². The number of carbonyl (C=O) groups is 1. The van der Waals surface area contributed by atoms with E-state index >= 15 is 0 Å². The van der Waals surface area contributed by atoms with E-state index in [1.165, 1.54) is 0 Å². The molecular weight excluding hydrogens is 263 g/mol. The molecule has 0 saturated carbocycles. The first-order chi connectivity index (χ1) is 8.12. The van der Waals surface area contributed by atoms with E-state index in [0.29, 0.717) is 0 Å². The minimum Gasteiger partial charge on any atom is -0.481 e. The summed E-state index contributed by atoms with van der Waals surface area (Å²) >= 11 is 0. The van der Waals surface area contributed by atoms with E-state index in [2.05, 4.69) is 4.98 Å². The number of pyridine rings is 1. The first-order valence-electron chi connectivity index (χ1n) is 4.49. The van der Waals surface area contributed by atoms with Crippen molar-refractivity contribution in [2.75, 3.05) is 5.73 Å². The van der Waals surface area contributed by atoms with E-state index in [9.17, 15) is 26.7 Å². The molecule has 9 heteroatoms. The molecule has 0 unspecified atom stereocenters. The fourth-order valence-corrected chi connectivity index (χ4v) is 1.31. The van der Waals surface area contributed by atoms with E-state index in [0.717, 1.165) is 0 Å². The van der Waals surface area contributed by atoms with Crippen molar-refractivity contribution in [1.29, 1.82) is 0 Å². The second kappa shape index (κ2) is 4.75. The van der Waals surface area contributed by atoms with Crippen molar-refractivity contribution < 1.29 is 31.9 Å². The summed E-state index contributed by atoms with van der Waals surface area (Å²) in [6.07, 6.45) is -9.25. The number of aromatic nitrogens is 1. The number of carboxylic acid groups (broad SMARTS) is 1. The molecule has 0 spiro atoms. The number of halogens is 5. The zero-order chi connectivity index (χ0) is 14.1. The number of aliphatic carboxylic acids is 1. The summed E-state index contributed by atoms with van der Waals surface area (Å²) < 4.78 is 62.4. The number of rotatable bonds is 3. The maximum absolute atomic E-state index is 12.6. The van der Waals surface area contributed by atoms with Gasteiger partial charge in [-0.2, -0.15) is 13.2 Å². The smallest absolute Gasteiger partial charge is 0.416 e. The van der Waals surface area contributed by atoms with Gasteiger partial charge < -0.3 is 10.8 Å². The van der Waals surface area contributed by atoms with Gasteiger partial charge >= 0.3 is 12.1 Å². The predicted octanol–water partition coefficient (Wildman–Crippen LogP) is 2.25. The van der Waals surface area contributed by atoms with Crippen LogP contribution in [0.5, 0.6) is 0 Å². The molecular formula is C9H7F5N2O2. The molecule has 1 aromatic heterocycles. The minimum absolute atomic E-state index is 0.110. The Bertz CT molecular complexity index is 473. The molecule has 0 aromatic carbocycles. The number of nitrogens with zero attached hydrogens (tertiary/aromatic N) is 1. The van der Waals surface area contributed by atoms with Gasteiger partial charge in [0.05, 0.1) is 12.0 Å². The van der Waals surface area contributed by atoms with Gasteiger partial charge in [0.2, 0.25) is 0 Å². The van der Waals surface area contributed by atoms with Gasteiger partial charge in [0, 0.05) is 5.56 Å². The van der Waals surface area contributed by atoms with Gasteiger partial charge in [0.25, 0.3) is 6.43 Å². The van der Waals surface area contributed by atoms with E-state index < -0.39 is 47.6 Å². The van der Waals surface area contributed by atoms with Crippen molar-refractivity contribution in [3.8, 4) is 0 Å². The number of hydrogen-bond donors (Lipinski definition) is 2. The summed E-state index contributed by atoms with van der Waals surface area (Å²) in [5, 5.41) is 8.46. The molecule has 1 rings (SSSR count). The standard InChI is InChI=1S/C9H7F5N2O2/c10-7(11)5-2-4(9(12,13)14)3(1-6(17)18)8(15)16-5/h2,7H,1H2,(H2,15,16)(H,17,18). The summed E-state index contributed by atoms with van der Waals surface area (Å²) in [6, 6.07) is 0.110. The van der Waals surface area contributed by atoms with Gasteiger partial charge in [-0.25, -0.2) is 13.8 Å². The maximum Gasteiger partial charge on any atom is 0.416 e. The molecule has 4 nitrogen and oxygen atoms in total. The highest BCUT2D eigenvalue weighted by molar-refractivity contribution is 5.73. The summed E-state index contributed by atoms with van der Waals surface area (Å²) in [7, 11) is 0. The topological polar surface area (TPSA) is 76.2 Å². The number of carboxylic acids is 1. The van der Waals surface area contributed by atoms with Gasteiger partial charge in [0.1, 0.15) is 11.5 Å². The molecule has 3 N–H and O–H groups in total. The highest BCUT2D eigenvalue weighted by Gasteiger charge is 2.36. The van der Waals surface area contributed by atoms with Gasteiger partial charge in [-0.3, -0.25) is 4.79 Å². The first kappa shape index (κ1) is 14.1. The van der Waals surface area contributed by atoms with Crippen LogP contribution < -0.4 is 5.73 Å². The Balaban J connectivity index is 3.45. The Morgan fingerprint density at radius 1 is 1.44 bits per heavy atom. The number of alkyl halides is 5. The van der Waals surface area contributed by atoms with Crippen LogP contribution in [0, 0.1) is 0 Å². The lowest BCUT2D eigenvalue weighted by molar-refractivity contribution is -0.139. The summed E-state index contributed by atoms with van der Waals surface area (Å²) in [5.41, 5.74) is 1.63. The van der Waals surface area contributed by atoms with Crippen LogP contribution >= 0.6 is 0 Å². The van der Waals surface area contributed by atoms with Crippen molar-refractivity contribution in [3.63, 3.8) is 0 Å². The van der Waals surface area contributed by atoms with E-state index in [1.807, 2.05) is 0 Å². The fourth-order valence-electron chi connectivity index (χ4n) is 1.31. The Labute approximate surface area is 97.2 Å². The van der Waals surface area contributed by atoms with Crippen molar-refractivity contribution in [1.82, 2.24) is 4.98 Å². The van der Waals surface area contributed by atoms with Crippen molar-refractivity contribution >= 4 is 11.8 Å². The van der Waals surface area contributed by atoms with Crippen LogP contribution in [0.4, 0.5) is 27.8 Å². The average Bonchev–Trinajstić information content (AvgIpc) is 2.17. The monoisotopic (exact) mass is 270 g/mol. The molecule has 0 fully saturated rings. The Morgan fingerprint density at radius 2 is 2.00 bits per heavy atom. The SMILES string of the molecule is Nc1nc(C(F)F)cc(C(F)(F)F)c1CC(=O)O. The van der Waals surface area contributed by atoms with Crippen LogP contribution in [0.15, 0.2) is 6.07 Å². The zero-order valence-electron chi connectivity index (χ0n) is 8.63. The summed E-state index contributed by atoms with van der Waals surface area (Å²) in [5.74, 6) is -2.43. The highest BCUT2D eigenvalue weighted by Crippen LogP contribution is 2.36. The van der Waals surface area contributed by atoms with Gasteiger partial charge in [0.15, 0.2) is 0 Å². The van der Waals surface area contributed by atoms with Crippen molar-refractivity contribution in [2.24, 2.45) is 0 Å². The molecule has 0 aliphatic rings. The third-order valence-corrected chi connectivity index (χ3v) is 2.03. The van der Waals surface area contributed by atoms with Crippen LogP contribution in [0.25, 0.3) is 0 Å². The molecule has 0 atom stereocenters. The Hall–Kier alpha value is -1.93. The van der Waals surface area contributed by atoms with E-state index in [1.54, 1.807) is 0 Å². The van der Waals surface area contributed by atoms with E-state index in [4.69, 9.17) is 10.8 Å². The molecule has 1 aromatic rings. The normalized spacial score (nSPS) is 11.9. The van der Waals surface area contributed by atoms with Gasteiger partial charge in [-0.15, -0.1) is 0 Å². The second-order valence-electron chi connectivity index (χ2n) is 3.33. The molecule has 100 valence electrons. The third-order valence-electron chi connectivity index (χ3n) is 2.03. The summed E-state index contributed by atoms with van der Waals surface area (Å²) in [4.78, 5) is 13.5. The summed E-state index contributed by atoms with van der Waals surface area (Å²) in [6.45, 7) is 0. The number of nitrogen functional groups attached to an aromatic ring is 1. The largest absolute Gasteiger partial charge is 0.481 e. The quantitative estimate of drug-likeness (QED) is 0.826. The molecule has 0 saturated heterocycles. The average molecular weight is 270 g/mol. The lowest BCUT2D eigenvalue weighted by atomic mass is 10.0. The predicted molar refractivity (Wildman–Crippen MR) is 49.9 cm³/mol. The lowest BCUT2D eigenvalue weighted by Crippen LogP contribution is -2.17. The van der Waals surface area contributed by atoms with Crippen molar-refractivity contribution in [3.05, 3.63) is 22.9 Å². The highest BCUT2D eigenvalue weighted by atomic mass is 19.4. The molecule has 0 bridgehead atoms. The first-order valence-corrected chi connectivity index (χ1v) is 4.49. The Kier molecular flexibility index (Phi) is 3.73. The van der Waals surface area contributed by atoms with Gasteiger partial charge in [-0.1, -0.05) is 0 Å². The second-order valence-corrected chi connectivity index (χ2v) is 3.33. The van der Waals surface area contributed by atoms with Crippen LogP contribution in [0.1, 0.15) is 23.2 Å². The molecule has 0 amide bonds. The van der Waals surface area contributed by atoms with Gasteiger partial charge in [-0.05, 0) is 6.07 Å². The molecule has 18 heavy (non-hydrogen) atoms. The molecule has 1 heterocycles. The zero-order valence-corrected chi connectivity index (χ0v) is 8.63. The Morgan fingerprint density at radius 3 is 2.39 bits per heavy atom. The maximum atomic E-state index is 12.6. The van der Waals surface area contributed by atoms with Crippen LogP contribution in [0.2, 0.25) is 0 Å². The fraction of sp³-hybridized carbons (Fsp3) is 0.333. The van der Waals surface area contributed by atoms with E-state index in [-0.39, 0.29) is 6.07 Å². The molecule has 0 radical (unpaired) electrons. The number of hydrogen-bond acceptors (Lipinski definition) is 3. The minimum atomic E-state index is -4.98. The lowest BCUT2D eigenvalue weighted by Gasteiger charge is -2.14. The van der Waals surface area contributed by atoms with Crippen LogP contribution in [-0.4, -0.2) is 16.1 Å². The molecule has 0 aliphatic carbocycles. The number of nitrogens with two attached hydrogens (primary N) is 1.